The molecule has 0 radical (unpaired) electrons. The molecule has 1 unspecified atom stereocenters. The maximum Gasteiger partial charge on any atom is 0.326 e. The smallest absolute Gasteiger partial charge is 0.326 e. The molecule has 4 amide bonds. The zero-order valence-corrected chi connectivity index (χ0v) is 18.5. The second kappa shape index (κ2) is 11.7. The van der Waals surface area contributed by atoms with Gasteiger partial charge in [-0.15, -0.1) is 0 Å². The molecule has 0 aromatic heterocycles. The van der Waals surface area contributed by atoms with Gasteiger partial charge < -0.3 is 20.3 Å². The maximum absolute atomic E-state index is 12.5. The minimum atomic E-state index is -0.591. The molecule has 0 fully saturated rings. The number of hydrogen-bond acceptors (Lipinski definition) is 4. The van der Waals surface area contributed by atoms with Gasteiger partial charge in [0.15, 0.2) is 13.1 Å². The van der Waals surface area contributed by atoms with Crippen molar-refractivity contribution in [3.63, 3.8) is 0 Å². The van der Waals surface area contributed by atoms with Crippen LogP contribution in [0.15, 0.2) is 42.5 Å². The van der Waals surface area contributed by atoms with E-state index in [4.69, 9.17) is 4.74 Å². The summed E-state index contributed by atoms with van der Waals surface area (Å²) in [6.45, 7) is 6.55. The molecule has 0 saturated carbocycles. The van der Waals surface area contributed by atoms with E-state index >= 15 is 0 Å². The minimum absolute atomic E-state index is 0.00743. The van der Waals surface area contributed by atoms with Crippen LogP contribution >= 0.6 is 0 Å². The van der Waals surface area contributed by atoms with Gasteiger partial charge >= 0.3 is 6.03 Å². The number of rotatable bonds is 9. The van der Waals surface area contributed by atoms with E-state index in [1.807, 2.05) is 39.0 Å². The lowest BCUT2D eigenvalue weighted by Crippen LogP contribution is -3.14. The van der Waals surface area contributed by atoms with Gasteiger partial charge in [-0.1, -0.05) is 36.8 Å². The molecule has 1 atom stereocenters. The summed E-state index contributed by atoms with van der Waals surface area (Å²) < 4.78 is 5.24. The van der Waals surface area contributed by atoms with Crippen LogP contribution in [0.3, 0.4) is 0 Å². The molecule has 0 spiro atoms. The molecule has 31 heavy (non-hydrogen) atoms. The number of anilines is 2. The van der Waals surface area contributed by atoms with Crippen LogP contribution in [0.1, 0.15) is 24.5 Å². The Kier molecular flexibility index (Phi) is 9.02. The highest BCUT2D eigenvalue weighted by molar-refractivity contribution is 6.01. The van der Waals surface area contributed by atoms with E-state index in [-0.39, 0.29) is 19.0 Å². The number of methoxy groups -OCH3 is 1. The van der Waals surface area contributed by atoms with Crippen molar-refractivity contribution in [2.45, 2.75) is 27.2 Å². The van der Waals surface area contributed by atoms with Gasteiger partial charge in [0.05, 0.1) is 19.3 Å². The van der Waals surface area contributed by atoms with Crippen molar-refractivity contribution in [1.29, 1.82) is 0 Å². The van der Waals surface area contributed by atoms with E-state index in [0.717, 1.165) is 22.4 Å². The first-order valence-electron chi connectivity index (χ1n) is 10.3. The molecule has 0 bridgehead atoms. The molecule has 0 saturated heterocycles. The number of aryl methyl sites for hydroxylation is 2. The van der Waals surface area contributed by atoms with Gasteiger partial charge in [0.25, 0.3) is 11.8 Å². The van der Waals surface area contributed by atoms with Crippen LogP contribution in [-0.4, -0.2) is 44.6 Å². The van der Waals surface area contributed by atoms with E-state index in [0.29, 0.717) is 23.7 Å². The van der Waals surface area contributed by atoms with Crippen LogP contribution in [0, 0.1) is 13.8 Å². The number of nitrogens with one attached hydrogen (secondary N) is 4. The van der Waals surface area contributed by atoms with Crippen molar-refractivity contribution >= 4 is 29.2 Å². The summed E-state index contributed by atoms with van der Waals surface area (Å²) in [5, 5.41) is 7.84. The van der Waals surface area contributed by atoms with E-state index in [9.17, 15) is 14.4 Å². The van der Waals surface area contributed by atoms with Gasteiger partial charge in [0, 0.05) is 5.69 Å². The number of urea groups is 1. The third kappa shape index (κ3) is 7.75. The van der Waals surface area contributed by atoms with E-state index < -0.39 is 11.9 Å². The first-order valence-corrected chi connectivity index (χ1v) is 10.3. The van der Waals surface area contributed by atoms with Crippen LogP contribution in [0.2, 0.25) is 0 Å². The largest absolute Gasteiger partial charge is 0.495 e. The topological polar surface area (TPSA) is 101 Å². The normalized spacial score (nSPS) is 11.4. The molecule has 8 heteroatoms. The molecule has 0 aliphatic rings. The maximum atomic E-state index is 12.5. The van der Waals surface area contributed by atoms with Crippen molar-refractivity contribution in [3.8, 4) is 5.75 Å². The van der Waals surface area contributed by atoms with Crippen molar-refractivity contribution in [2.75, 3.05) is 37.4 Å². The van der Waals surface area contributed by atoms with Crippen molar-refractivity contribution in [2.24, 2.45) is 0 Å². The van der Waals surface area contributed by atoms with Crippen LogP contribution in [0.5, 0.6) is 5.75 Å². The van der Waals surface area contributed by atoms with Crippen LogP contribution in [-0.2, 0) is 9.59 Å². The Morgan fingerprint density at radius 1 is 0.935 bits per heavy atom. The lowest BCUT2D eigenvalue weighted by atomic mass is 10.1. The lowest BCUT2D eigenvalue weighted by Gasteiger charge is -2.18. The molecule has 166 valence electrons. The Bertz CT molecular complexity index is 930. The highest BCUT2D eigenvalue weighted by Crippen LogP contribution is 2.22. The molecule has 2 aromatic rings. The fourth-order valence-electron chi connectivity index (χ4n) is 3.27. The zero-order valence-electron chi connectivity index (χ0n) is 18.5. The second-order valence-corrected chi connectivity index (χ2v) is 7.42. The molecule has 4 N–H and O–H groups in total. The predicted octanol–water partition coefficient (Wildman–Crippen LogP) is 1.89. The lowest BCUT2D eigenvalue weighted by molar-refractivity contribution is -0.883. The Morgan fingerprint density at radius 2 is 1.65 bits per heavy atom. The number of carbonyl (C=O) groups is 3. The van der Waals surface area contributed by atoms with Crippen molar-refractivity contribution in [1.82, 2.24) is 5.32 Å². The standard InChI is InChI=1S/C23H30N4O4/c1-5-12-27(14-21(28)24-19-8-6-7-9-20(19)31-4)15-22(29)26-23(30)25-18-11-10-16(2)13-17(18)3/h6-11,13H,5,12,14-15H2,1-4H3,(H,24,28)(H2,25,26,29,30)/p+1. The first-order chi connectivity index (χ1) is 14.8. The number of benzene rings is 2. The molecular formula is C23H31N4O4+. The number of hydrogen-bond donors (Lipinski definition) is 4. The summed E-state index contributed by atoms with van der Waals surface area (Å²) in [5.74, 6) is -0.120. The molecular weight excluding hydrogens is 396 g/mol. The predicted molar refractivity (Wildman–Crippen MR) is 121 cm³/mol. The van der Waals surface area contributed by atoms with Gasteiger partial charge in [-0.3, -0.25) is 14.9 Å². The number of carbonyl (C=O) groups excluding carboxylic acids is 3. The average Bonchev–Trinajstić information content (AvgIpc) is 2.70. The van der Waals surface area contributed by atoms with Crippen molar-refractivity contribution in [3.05, 3.63) is 53.6 Å². The van der Waals surface area contributed by atoms with Gasteiger partial charge in [0.1, 0.15) is 5.75 Å². The molecule has 0 heterocycles. The average molecular weight is 428 g/mol. The van der Waals surface area contributed by atoms with E-state index in [1.165, 1.54) is 7.11 Å². The van der Waals surface area contributed by atoms with Crippen molar-refractivity contribution < 1.29 is 24.0 Å². The number of ether oxygens (including phenoxy) is 1. The Hall–Kier alpha value is -3.39. The fraction of sp³-hybridized carbons (Fsp3) is 0.348. The highest BCUT2D eigenvalue weighted by Gasteiger charge is 2.20. The summed E-state index contributed by atoms with van der Waals surface area (Å²) in [4.78, 5) is 37.8. The monoisotopic (exact) mass is 427 g/mol. The Morgan fingerprint density at radius 3 is 2.32 bits per heavy atom. The summed E-state index contributed by atoms with van der Waals surface area (Å²) in [5.41, 5.74) is 3.21. The summed E-state index contributed by atoms with van der Waals surface area (Å²) in [6.07, 6.45) is 0.791. The van der Waals surface area contributed by atoms with Gasteiger partial charge in [-0.2, -0.15) is 0 Å². The second-order valence-electron chi connectivity index (χ2n) is 7.42. The van der Waals surface area contributed by atoms with Gasteiger partial charge in [-0.25, -0.2) is 4.79 Å². The fourth-order valence-corrected chi connectivity index (χ4v) is 3.27. The van der Waals surface area contributed by atoms with E-state index in [2.05, 4.69) is 16.0 Å². The SMILES string of the molecule is CCC[NH+](CC(=O)NC(=O)Nc1ccc(C)cc1C)CC(=O)Nc1ccccc1OC. The highest BCUT2D eigenvalue weighted by atomic mass is 16.5. The van der Waals surface area contributed by atoms with Gasteiger partial charge in [-0.05, 0) is 44.0 Å². The number of amides is 4. The van der Waals surface area contributed by atoms with E-state index in [1.54, 1.807) is 24.3 Å². The Labute approximate surface area is 183 Å². The zero-order chi connectivity index (χ0) is 22.8. The molecule has 0 aliphatic heterocycles. The number of quaternary nitrogens is 1. The minimum Gasteiger partial charge on any atom is -0.495 e. The molecule has 0 aliphatic carbocycles. The summed E-state index contributed by atoms with van der Waals surface area (Å²) in [6, 6.07) is 12.2. The number of imide groups is 1. The first kappa shape index (κ1) is 23.9. The quantitative estimate of drug-likeness (QED) is 0.491. The van der Waals surface area contributed by atoms with Crippen LogP contribution in [0.25, 0.3) is 0 Å². The Balaban J connectivity index is 1.90. The third-order valence-corrected chi connectivity index (χ3v) is 4.69. The third-order valence-electron chi connectivity index (χ3n) is 4.69. The molecule has 8 nitrogen and oxygen atoms in total. The van der Waals surface area contributed by atoms with Crippen LogP contribution < -0.4 is 25.6 Å². The molecule has 2 aromatic carbocycles. The van der Waals surface area contributed by atoms with Crippen LogP contribution in [0.4, 0.5) is 16.2 Å². The number of para-hydroxylation sites is 2. The summed E-state index contributed by atoms with van der Waals surface area (Å²) >= 11 is 0. The molecule has 2 rings (SSSR count). The summed E-state index contributed by atoms with van der Waals surface area (Å²) in [7, 11) is 1.53. The van der Waals surface area contributed by atoms with Gasteiger partial charge in [0.2, 0.25) is 0 Å².